The van der Waals surface area contributed by atoms with Gasteiger partial charge in [0.05, 0.1) is 5.60 Å². The smallest absolute Gasteiger partial charge is 0.299 e. The van der Waals surface area contributed by atoms with Gasteiger partial charge in [0, 0.05) is 31.4 Å². The third-order valence-corrected chi connectivity index (χ3v) is 9.39. The van der Waals surface area contributed by atoms with Crippen LogP contribution in [0.2, 0.25) is 0 Å². The fraction of sp³-hybridized carbons (Fsp3) is 1.00. The van der Waals surface area contributed by atoms with Crippen molar-refractivity contribution >= 4 is 30.9 Å². The Balaban J connectivity index is 1.60. The molecule has 0 radical (unpaired) electrons. The number of alkyl halides is 2. The molecule has 4 bridgehead atoms. The van der Waals surface area contributed by atoms with Gasteiger partial charge in [-0.3, -0.25) is 9.09 Å². The molecule has 1 atom stereocenters. The number of hydrogen-bond acceptors (Lipinski definition) is 2. The van der Waals surface area contributed by atoms with Gasteiger partial charge in [0.25, 0.3) is 0 Å². The lowest BCUT2D eigenvalue weighted by atomic mass is 9.49. The average Bonchev–Trinajstić information content (AvgIpc) is 2.52. The predicted molar refractivity (Wildman–Crippen MR) is 94.1 cm³/mol. The summed E-state index contributed by atoms with van der Waals surface area (Å²) in [4.78, 5) is 0. The zero-order valence-corrected chi connectivity index (χ0v) is 16.0. The summed E-state index contributed by atoms with van der Waals surface area (Å²) in [5, 5.41) is 3.19. The fourth-order valence-electron chi connectivity index (χ4n) is 5.97. The molecule has 4 saturated carbocycles. The quantitative estimate of drug-likeness (QED) is 0.576. The van der Waals surface area contributed by atoms with E-state index in [9.17, 15) is 4.57 Å². The van der Waals surface area contributed by atoms with Crippen LogP contribution < -0.4 is 5.09 Å². The van der Waals surface area contributed by atoms with Crippen molar-refractivity contribution < 1.29 is 9.09 Å². The van der Waals surface area contributed by atoms with Gasteiger partial charge >= 0.3 is 7.67 Å². The highest BCUT2D eigenvalue weighted by molar-refractivity contribution is 7.54. The van der Waals surface area contributed by atoms with E-state index in [1.807, 2.05) is 4.67 Å². The molecule has 0 amide bonds. The molecule has 1 spiro atoms. The van der Waals surface area contributed by atoms with E-state index < -0.39 is 7.67 Å². The molecule has 1 heterocycles. The lowest BCUT2D eigenvalue weighted by Gasteiger charge is -2.62. The molecule has 1 aliphatic heterocycles. The van der Waals surface area contributed by atoms with Crippen molar-refractivity contribution in [1.82, 2.24) is 9.76 Å². The lowest BCUT2D eigenvalue weighted by molar-refractivity contribution is -0.167. The minimum atomic E-state index is -3.03. The molecule has 0 aromatic rings. The van der Waals surface area contributed by atoms with E-state index in [2.05, 4.69) is 5.09 Å². The molecular formula is C16H27Cl2N2O2P. The van der Waals surface area contributed by atoms with Crippen molar-refractivity contribution in [2.75, 3.05) is 31.4 Å². The van der Waals surface area contributed by atoms with Crippen LogP contribution >= 0.6 is 30.9 Å². The van der Waals surface area contributed by atoms with Crippen LogP contribution in [0.3, 0.4) is 0 Å². The predicted octanol–water partition coefficient (Wildman–Crippen LogP) is 4.08. The van der Waals surface area contributed by atoms with Gasteiger partial charge in [-0.1, -0.05) is 0 Å². The van der Waals surface area contributed by atoms with Gasteiger partial charge in [-0.05, 0) is 62.2 Å². The Morgan fingerprint density at radius 3 is 2.13 bits per heavy atom. The number of nitrogens with one attached hydrogen (secondary N) is 1. The molecule has 4 nitrogen and oxygen atoms in total. The van der Waals surface area contributed by atoms with E-state index in [0.29, 0.717) is 36.7 Å². The van der Waals surface area contributed by atoms with Crippen LogP contribution in [0.5, 0.6) is 0 Å². The van der Waals surface area contributed by atoms with Gasteiger partial charge in [0.1, 0.15) is 0 Å². The molecule has 1 saturated heterocycles. The number of hydrogen-bond donors (Lipinski definition) is 1. The van der Waals surface area contributed by atoms with Crippen LogP contribution in [-0.4, -0.2) is 41.7 Å². The Labute approximate surface area is 149 Å². The van der Waals surface area contributed by atoms with Crippen molar-refractivity contribution in [3.05, 3.63) is 0 Å². The second kappa shape index (κ2) is 6.45. The molecular weight excluding hydrogens is 354 g/mol. The highest BCUT2D eigenvalue weighted by atomic mass is 35.5. The molecule has 0 aromatic carbocycles. The summed E-state index contributed by atoms with van der Waals surface area (Å²) in [5.74, 6) is 3.86. The third-order valence-electron chi connectivity index (χ3n) is 6.70. The highest BCUT2D eigenvalue weighted by Gasteiger charge is 2.61. The summed E-state index contributed by atoms with van der Waals surface area (Å²) in [6.45, 7) is 1.88. The van der Waals surface area contributed by atoms with Gasteiger partial charge in [0.2, 0.25) is 0 Å². The SMILES string of the molecule is O=[P@@]1(N(CCCl)CCCl)NCCC2(O1)C1CC3CC(C1)CC2C3. The summed E-state index contributed by atoms with van der Waals surface area (Å²) >= 11 is 11.8. The molecule has 1 N–H and O–H groups in total. The van der Waals surface area contributed by atoms with Gasteiger partial charge in [0.15, 0.2) is 0 Å². The minimum Gasteiger partial charge on any atom is -0.299 e. The summed E-state index contributed by atoms with van der Waals surface area (Å²) in [6.07, 6.45) is 7.52. The maximum absolute atomic E-state index is 13.6. The number of rotatable bonds is 5. The second-order valence-corrected chi connectivity index (χ2v) is 10.7. The molecule has 23 heavy (non-hydrogen) atoms. The first kappa shape index (κ1) is 17.1. The largest absolute Gasteiger partial charge is 0.344 e. The van der Waals surface area contributed by atoms with Crippen molar-refractivity contribution in [1.29, 1.82) is 0 Å². The summed E-state index contributed by atoms with van der Waals surface area (Å²) in [6, 6.07) is 0. The van der Waals surface area contributed by atoms with E-state index in [0.717, 1.165) is 24.8 Å². The van der Waals surface area contributed by atoms with Crippen LogP contribution in [0.15, 0.2) is 0 Å². The standard InChI is InChI=1S/C16H27Cl2N2O2P/c17-2-5-20(6-3-18)23(21)19-4-1-16(22-23)14-8-12-7-13(10-14)11-15(16)9-12/h12-15H,1-11H2,(H,19,21)/t12?,13?,14?,15?,16?,23-/m0/s1. The van der Waals surface area contributed by atoms with Crippen LogP contribution in [-0.2, 0) is 9.09 Å². The molecule has 0 aromatic heterocycles. The first-order valence-corrected chi connectivity index (χ1v) is 11.7. The molecule has 5 rings (SSSR count). The summed E-state index contributed by atoms with van der Waals surface area (Å²) in [7, 11) is -3.03. The highest BCUT2D eigenvalue weighted by Crippen LogP contribution is 2.66. The van der Waals surface area contributed by atoms with Crippen LogP contribution in [0, 0.1) is 23.7 Å². The Bertz CT molecular complexity index is 470. The Morgan fingerprint density at radius 1 is 1.04 bits per heavy atom. The summed E-state index contributed by atoms with van der Waals surface area (Å²) < 4.78 is 22.0. The topological polar surface area (TPSA) is 41.6 Å². The van der Waals surface area contributed by atoms with E-state index in [-0.39, 0.29) is 5.60 Å². The van der Waals surface area contributed by atoms with E-state index in [1.165, 1.54) is 32.1 Å². The zero-order valence-electron chi connectivity index (χ0n) is 13.6. The van der Waals surface area contributed by atoms with Crippen molar-refractivity contribution in [2.24, 2.45) is 23.7 Å². The summed E-state index contributed by atoms with van der Waals surface area (Å²) in [5.41, 5.74) is -0.162. The van der Waals surface area contributed by atoms with Crippen LogP contribution in [0.1, 0.15) is 38.5 Å². The molecule has 5 fully saturated rings. The van der Waals surface area contributed by atoms with E-state index >= 15 is 0 Å². The van der Waals surface area contributed by atoms with Crippen LogP contribution in [0.4, 0.5) is 0 Å². The molecule has 132 valence electrons. The zero-order chi connectivity index (χ0) is 16.1. The second-order valence-electron chi connectivity index (χ2n) is 7.86. The molecule has 4 aliphatic carbocycles. The van der Waals surface area contributed by atoms with Gasteiger partial charge < -0.3 is 0 Å². The minimum absolute atomic E-state index is 0.162. The van der Waals surface area contributed by atoms with Gasteiger partial charge in [-0.2, -0.15) is 0 Å². The first-order chi connectivity index (χ1) is 11.1. The molecule has 0 unspecified atom stereocenters. The fourth-order valence-corrected chi connectivity index (χ4v) is 8.96. The maximum Gasteiger partial charge on any atom is 0.344 e. The van der Waals surface area contributed by atoms with E-state index in [1.54, 1.807) is 0 Å². The monoisotopic (exact) mass is 380 g/mol. The van der Waals surface area contributed by atoms with Crippen LogP contribution in [0.25, 0.3) is 0 Å². The lowest BCUT2D eigenvalue weighted by Crippen LogP contribution is -2.62. The maximum atomic E-state index is 13.6. The first-order valence-electron chi connectivity index (χ1n) is 9.03. The van der Waals surface area contributed by atoms with Gasteiger partial charge in [-0.15, -0.1) is 23.2 Å². The average molecular weight is 381 g/mol. The number of nitrogens with zero attached hydrogens (tertiary/aromatic N) is 1. The van der Waals surface area contributed by atoms with Crippen molar-refractivity contribution in [2.45, 2.75) is 44.1 Å². The Morgan fingerprint density at radius 2 is 1.61 bits per heavy atom. The van der Waals surface area contributed by atoms with E-state index in [4.69, 9.17) is 27.7 Å². The molecule has 7 heteroatoms. The van der Waals surface area contributed by atoms with Crippen molar-refractivity contribution in [3.63, 3.8) is 0 Å². The Hall–Kier alpha value is 0.690. The Kier molecular flexibility index (Phi) is 4.80. The third kappa shape index (κ3) is 2.82. The van der Waals surface area contributed by atoms with Crippen molar-refractivity contribution in [3.8, 4) is 0 Å². The normalized spacial score (nSPS) is 48.5. The number of halogens is 2. The molecule has 5 aliphatic rings. The van der Waals surface area contributed by atoms with Gasteiger partial charge in [-0.25, -0.2) is 9.76 Å².